The Bertz CT molecular complexity index is 688. The van der Waals surface area contributed by atoms with Crippen LogP contribution in [0.4, 0.5) is 5.82 Å². The molecular weight excluding hydrogens is 270 g/mol. The van der Waals surface area contributed by atoms with E-state index < -0.39 is 0 Å². The number of fused-ring (bicyclic) bond motifs is 1. The molecule has 3 aromatic rings. The van der Waals surface area contributed by atoms with Gasteiger partial charge in [0.2, 0.25) is 0 Å². The van der Waals surface area contributed by atoms with Gasteiger partial charge in [0, 0.05) is 31.4 Å². The molecule has 0 radical (unpaired) electrons. The van der Waals surface area contributed by atoms with E-state index in [2.05, 4.69) is 38.2 Å². The molecule has 3 aromatic heterocycles. The Morgan fingerprint density at radius 1 is 1.40 bits per heavy atom. The van der Waals surface area contributed by atoms with Crippen LogP contribution in [0, 0.1) is 0 Å². The van der Waals surface area contributed by atoms with Gasteiger partial charge < -0.3 is 10.2 Å². The van der Waals surface area contributed by atoms with Gasteiger partial charge in [-0.1, -0.05) is 6.07 Å². The van der Waals surface area contributed by atoms with Gasteiger partial charge in [0.1, 0.15) is 0 Å². The van der Waals surface area contributed by atoms with Gasteiger partial charge in [-0.15, -0.1) is 11.3 Å². The second-order valence-corrected chi connectivity index (χ2v) is 5.52. The maximum Gasteiger partial charge on any atom is 0.195 e. The minimum absolute atomic E-state index is 0.752. The molecule has 0 aliphatic carbocycles. The number of hydrogen-bond donors (Lipinski definition) is 1. The molecule has 3 heterocycles. The van der Waals surface area contributed by atoms with Crippen LogP contribution in [0.5, 0.6) is 0 Å². The van der Waals surface area contributed by atoms with E-state index in [1.807, 2.05) is 31.4 Å². The molecule has 6 heteroatoms. The number of pyridine rings is 1. The van der Waals surface area contributed by atoms with Crippen molar-refractivity contribution in [1.82, 2.24) is 19.7 Å². The normalized spacial score (nSPS) is 11.1. The first-order chi connectivity index (χ1) is 9.79. The van der Waals surface area contributed by atoms with Crippen LogP contribution in [0.2, 0.25) is 0 Å². The van der Waals surface area contributed by atoms with Crippen molar-refractivity contribution in [2.45, 2.75) is 13.1 Å². The van der Waals surface area contributed by atoms with E-state index in [4.69, 9.17) is 4.98 Å². The Labute approximate surface area is 121 Å². The van der Waals surface area contributed by atoms with Crippen molar-refractivity contribution in [1.29, 1.82) is 0 Å². The van der Waals surface area contributed by atoms with Gasteiger partial charge in [-0.25, -0.2) is 4.98 Å². The molecule has 0 saturated heterocycles. The lowest BCUT2D eigenvalue weighted by atomic mass is 10.3. The molecule has 0 amide bonds. The largest absolute Gasteiger partial charge is 0.352 e. The molecular formula is C14H17N5S. The molecule has 0 fully saturated rings. The summed E-state index contributed by atoms with van der Waals surface area (Å²) in [5.74, 6) is 1.01. The summed E-state index contributed by atoms with van der Waals surface area (Å²) in [6, 6.07) is 5.98. The second-order valence-electron chi connectivity index (χ2n) is 4.65. The molecule has 0 saturated carbocycles. The molecule has 0 aromatic carbocycles. The van der Waals surface area contributed by atoms with Crippen molar-refractivity contribution >= 4 is 22.1 Å². The summed E-state index contributed by atoms with van der Waals surface area (Å²) in [5, 5.41) is 5.27. The van der Waals surface area contributed by atoms with Gasteiger partial charge in [-0.3, -0.25) is 9.38 Å². The van der Waals surface area contributed by atoms with Crippen molar-refractivity contribution in [3.8, 4) is 0 Å². The van der Waals surface area contributed by atoms with E-state index in [-0.39, 0.29) is 0 Å². The zero-order valence-electron chi connectivity index (χ0n) is 11.6. The van der Waals surface area contributed by atoms with Gasteiger partial charge in [-0.2, -0.15) is 0 Å². The Hall–Kier alpha value is -1.92. The highest BCUT2D eigenvalue weighted by Gasteiger charge is 2.16. The lowest BCUT2D eigenvalue weighted by Gasteiger charge is -2.17. The quantitative estimate of drug-likeness (QED) is 0.781. The highest BCUT2D eigenvalue weighted by molar-refractivity contribution is 7.15. The fraction of sp³-hybridized carbons (Fsp3) is 0.286. The molecule has 0 spiro atoms. The number of aromatic nitrogens is 3. The molecule has 0 atom stereocenters. The summed E-state index contributed by atoms with van der Waals surface area (Å²) in [5.41, 5.74) is 2.23. The van der Waals surface area contributed by atoms with Crippen LogP contribution in [0.3, 0.4) is 0 Å². The fourth-order valence-electron chi connectivity index (χ4n) is 2.27. The number of thiazole rings is 1. The lowest BCUT2D eigenvalue weighted by molar-refractivity contribution is 0.770. The van der Waals surface area contributed by atoms with Gasteiger partial charge in [0.05, 0.1) is 17.9 Å². The standard InChI is InChI=1S/C14H17N5S/c1-15-9-12-13(17-14-19(12)7-8-20-14)18(2)10-11-5-3-4-6-16-11/h3-8,15H,9-10H2,1-2H3. The number of nitrogens with zero attached hydrogens (tertiary/aromatic N) is 4. The van der Waals surface area contributed by atoms with Gasteiger partial charge >= 0.3 is 0 Å². The molecule has 3 rings (SSSR count). The molecule has 5 nitrogen and oxygen atoms in total. The summed E-state index contributed by atoms with van der Waals surface area (Å²) >= 11 is 1.65. The maximum atomic E-state index is 4.73. The average Bonchev–Trinajstić information content (AvgIpc) is 3.03. The lowest BCUT2D eigenvalue weighted by Crippen LogP contribution is -2.20. The summed E-state index contributed by atoms with van der Waals surface area (Å²) in [6.45, 7) is 1.54. The van der Waals surface area contributed by atoms with Crippen LogP contribution in [0.25, 0.3) is 4.96 Å². The number of anilines is 1. The minimum Gasteiger partial charge on any atom is -0.352 e. The predicted molar refractivity (Wildman–Crippen MR) is 82.2 cm³/mol. The first-order valence-electron chi connectivity index (χ1n) is 6.49. The smallest absolute Gasteiger partial charge is 0.195 e. The third-order valence-electron chi connectivity index (χ3n) is 3.17. The fourth-order valence-corrected chi connectivity index (χ4v) is 3.00. The van der Waals surface area contributed by atoms with E-state index in [0.717, 1.165) is 29.6 Å². The summed E-state index contributed by atoms with van der Waals surface area (Å²) in [4.78, 5) is 12.3. The molecule has 104 valence electrons. The molecule has 20 heavy (non-hydrogen) atoms. The predicted octanol–water partition coefficient (Wildman–Crippen LogP) is 2.15. The molecule has 1 N–H and O–H groups in total. The zero-order valence-corrected chi connectivity index (χ0v) is 12.4. The van der Waals surface area contributed by atoms with Crippen LogP contribution in [0.1, 0.15) is 11.4 Å². The Morgan fingerprint density at radius 2 is 2.30 bits per heavy atom. The van der Waals surface area contributed by atoms with E-state index in [1.54, 1.807) is 11.3 Å². The highest BCUT2D eigenvalue weighted by Crippen LogP contribution is 2.24. The van der Waals surface area contributed by atoms with Crippen LogP contribution in [0.15, 0.2) is 36.0 Å². The van der Waals surface area contributed by atoms with E-state index >= 15 is 0 Å². The van der Waals surface area contributed by atoms with Crippen molar-refractivity contribution < 1.29 is 0 Å². The van der Waals surface area contributed by atoms with Crippen LogP contribution < -0.4 is 10.2 Å². The van der Waals surface area contributed by atoms with Gasteiger partial charge in [0.25, 0.3) is 0 Å². The number of hydrogen-bond acceptors (Lipinski definition) is 5. The number of imidazole rings is 1. The van der Waals surface area contributed by atoms with E-state index in [9.17, 15) is 0 Å². The summed E-state index contributed by atoms with van der Waals surface area (Å²) in [6.07, 6.45) is 3.89. The summed E-state index contributed by atoms with van der Waals surface area (Å²) in [7, 11) is 4.01. The maximum absolute atomic E-state index is 4.73. The Morgan fingerprint density at radius 3 is 3.05 bits per heavy atom. The van der Waals surface area contributed by atoms with Crippen molar-refractivity contribution in [2.75, 3.05) is 19.0 Å². The molecule has 0 unspecified atom stereocenters. The second kappa shape index (κ2) is 5.60. The van der Waals surface area contributed by atoms with E-state index in [0.29, 0.717) is 0 Å². The Balaban J connectivity index is 1.92. The van der Waals surface area contributed by atoms with Gasteiger partial charge in [-0.05, 0) is 19.2 Å². The first kappa shape index (κ1) is 13.1. The SMILES string of the molecule is CNCc1c(N(C)Cc2ccccn2)nc2sccn12. The van der Waals surface area contributed by atoms with Crippen LogP contribution in [-0.4, -0.2) is 28.5 Å². The number of nitrogens with one attached hydrogen (secondary N) is 1. The summed E-state index contributed by atoms with van der Waals surface area (Å²) < 4.78 is 2.14. The average molecular weight is 287 g/mol. The third kappa shape index (κ3) is 2.39. The van der Waals surface area contributed by atoms with E-state index in [1.165, 1.54) is 5.69 Å². The zero-order chi connectivity index (χ0) is 13.9. The van der Waals surface area contributed by atoms with Gasteiger partial charge in [0.15, 0.2) is 10.8 Å². The van der Waals surface area contributed by atoms with Crippen molar-refractivity contribution in [2.24, 2.45) is 0 Å². The first-order valence-corrected chi connectivity index (χ1v) is 7.37. The number of rotatable bonds is 5. The van der Waals surface area contributed by atoms with Crippen LogP contribution in [-0.2, 0) is 13.1 Å². The van der Waals surface area contributed by atoms with Crippen LogP contribution >= 0.6 is 11.3 Å². The monoisotopic (exact) mass is 287 g/mol. The highest BCUT2D eigenvalue weighted by atomic mass is 32.1. The minimum atomic E-state index is 0.752. The van der Waals surface area contributed by atoms with Crippen molar-refractivity contribution in [3.63, 3.8) is 0 Å². The topological polar surface area (TPSA) is 45.5 Å². The molecule has 0 aliphatic rings. The molecule has 0 aliphatic heterocycles. The Kier molecular flexibility index (Phi) is 3.66. The van der Waals surface area contributed by atoms with Crippen molar-refractivity contribution in [3.05, 3.63) is 47.4 Å². The third-order valence-corrected chi connectivity index (χ3v) is 3.93. The molecule has 0 bridgehead atoms.